The summed E-state index contributed by atoms with van der Waals surface area (Å²) < 4.78 is 6.09. The summed E-state index contributed by atoms with van der Waals surface area (Å²) in [6.45, 7) is 0. The van der Waals surface area contributed by atoms with Gasteiger partial charge >= 0.3 is 0 Å². The van der Waals surface area contributed by atoms with Crippen LogP contribution in [-0.4, -0.2) is 5.78 Å². The Kier molecular flexibility index (Phi) is 4.99. The van der Waals surface area contributed by atoms with Gasteiger partial charge in [0.1, 0.15) is 11.5 Å². The van der Waals surface area contributed by atoms with Gasteiger partial charge in [0.05, 0.1) is 16.9 Å². The van der Waals surface area contributed by atoms with E-state index in [0.717, 1.165) is 11.1 Å². The largest absolute Gasteiger partial charge is 0.456 e. The molecule has 0 saturated heterocycles. The fourth-order valence-electron chi connectivity index (χ4n) is 3.18. The Hall–Kier alpha value is -4.05. The Balaban J connectivity index is 1.73. The van der Waals surface area contributed by atoms with Crippen molar-refractivity contribution in [2.75, 3.05) is 11.5 Å². The summed E-state index contributed by atoms with van der Waals surface area (Å²) in [5.74, 6) is 0.876. The highest BCUT2D eigenvalue weighted by atomic mass is 16.5. The van der Waals surface area contributed by atoms with Gasteiger partial charge in [-0.3, -0.25) is 4.79 Å². The van der Waals surface area contributed by atoms with Crippen LogP contribution in [0, 0.1) is 0 Å². The fraction of sp³-hybridized carbons (Fsp3) is 0. The standard InChI is InChI=1S/C25H20N2O2/c26-22-16-19(15-21(24(22)27)17-9-3-1-4-10-17)29-23-14-8-7-13-20(23)25(28)18-11-5-2-6-12-18/h1-16H,26-27H2. The lowest BCUT2D eigenvalue weighted by molar-refractivity contribution is 0.103. The van der Waals surface area contributed by atoms with Gasteiger partial charge < -0.3 is 16.2 Å². The maximum atomic E-state index is 12.9. The first-order valence-corrected chi connectivity index (χ1v) is 9.24. The van der Waals surface area contributed by atoms with Gasteiger partial charge in [0.15, 0.2) is 5.78 Å². The summed E-state index contributed by atoms with van der Waals surface area (Å²) in [6.07, 6.45) is 0. The second-order valence-corrected chi connectivity index (χ2v) is 6.63. The van der Waals surface area contributed by atoms with Crippen LogP contribution < -0.4 is 16.2 Å². The van der Waals surface area contributed by atoms with Crippen LogP contribution in [0.5, 0.6) is 11.5 Å². The molecule has 0 heterocycles. The molecule has 142 valence electrons. The van der Waals surface area contributed by atoms with E-state index in [1.807, 2.05) is 66.7 Å². The number of benzene rings is 4. The highest BCUT2D eigenvalue weighted by Gasteiger charge is 2.16. The van der Waals surface area contributed by atoms with Gasteiger partial charge in [0.25, 0.3) is 0 Å². The van der Waals surface area contributed by atoms with Gasteiger partial charge in [-0.25, -0.2) is 0 Å². The number of carbonyl (C=O) groups excluding carboxylic acids is 1. The van der Waals surface area contributed by atoms with Crippen molar-refractivity contribution < 1.29 is 9.53 Å². The molecule has 4 aromatic rings. The van der Waals surface area contributed by atoms with Crippen LogP contribution in [0.2, 0.25) is 0 Å². The Labute approximate surface area is 169 Å². The van der Waals surface area contributed by atoms with Crippen molar-refractivity contribution in [3.8, 4) is 22.6 Å². The molecule has 0 aromatic heterocycles. The van der Waals surface area contributed by atoms with Crippen LogP contribution in [0.4, 0.5) is 11.4 Å². The van der Waals surface area contributed by atoms with Crippen LogP contribution >= 0.6 is 0 Å². The van der Waals surface area contributed by atoms with Gasteiger partial charge in [0, 0.05) is 17.2 Å². The van der Waals surface area contributed by atoms with Crippen molar-refractivity contribution >= 4 is 17.2 Å². The number of carbonyl (C=O) groups is 1. The number of ether oxygens (including phenoxy) is 1. The van der Waals surface area contributed by atoms with Gasteiger partial charge in [0.2, 0.25) is 0 Å². The quantitative estimate of drug-likeness (QED) is 0.352. The van der Waals surface area contributed by atoms with Gasteiger partial charge in [-0.05, 0) is 23.8 Å². The van der Waals surface area contributed by atoms with Gasteiger partial charge in [-0.15, -0.1) is 0 Å². The average Bonchev–Trinajstić information content (AvgIpc) is 2.77. The Bertz CT molecular complexity index is 1160. The van der Waals surface area contributed by atoms with Crippen LogP contribution in [0.15, 0.2) is 97.1 Å². The van der Waals surface area contributed by atoms with E-state index in [-0.39, 0.29) is 5.78 Å². The predicted molar refractivity (Wildman–Crippen MR) is 117 cm³/mol. The minimum Gasteiger partial charge on any atom is -0.456 e. The van der Waals surface area contributed by atoms with Crippen molar-refractivity contribution in [3.05, 3.63) is 108 Å². The Morgan fingerprint density at radius 3 is 2.07 bits per heavy atom. The summed E-state index contributed by atoms with van der Waals surface area (Å²) in [6, 6.07) is 29.5. The second-order valence-electron chi connectivity index (χ2n) is 6.63. The number of hydrogen-bond acceptors (Lipinski definition) is 4. The van der Waals surface area contributed by atoms with Gasteiger partial charge in [-0.2, -0.15) is 0 Å². The van der Waals surface area contributed by atoms with Crippen molar-refractivity contribution in [1.82, 2.24) is 0 Å². The lowest BCUT2D eigenvalue weighted by Gasteiger charge is -2.14. The zero-order chi connectivity index (χ0) is 20.2. The van der Waals surface area contributed by atoms with Crippen LogP contribution in [0.25, 0.3) is 11.1 Å². The number of ketones is 1. The molecule has 0 saturated carbocycles. The van der Waals surface area contributed by atoms with E-state index in [2.05, 4.69) is 0 Å². The molecule has 4 nitrogen and oxygen atoms in total. The van der Waals surface area contributed by atoms with E-state index >= 15 is 0 Å². The lowest BCUT2D eigenvalue weighted by Crippen LogP contribution is -2.04. The normalized spacial score (nSPS) is 10.5. The molecule has 0 aliphatic carbocycles. The van der Waals surface area contributed by atoms with Crippen LogP contribution in [0.3, 0.4) is 0 Å². The summed E-state index contributed by atoms with van der Waals surface area (Å²) in [5, 5.41) is 0. The Morgan fingerprint density at radius 2 is 1.34 bits per heavy atom. The molecule has 0 fully saturated rings. The Morgan fingerprint density at radius 1 is 0.724 bits per heavy atom. The molecule has 4 aromatic carbocycles. The van der Waals surface area contributed by atoms with Crippen LogP contribution in [-0.2, 0) is 0 Å². The summed E-state index contributed by atoms with van der Waals surface area (Å²) >= 11 is 0. The van der Waals surface area contributed by atoms with Crippen molar-refractivity contribution in [2.24, 2.45) is 0 Å². The summed E-state index contributed by atoms with van der Waals surface area (Å²) in [7, 11) is 0. The maximum absolute atomic E-state index is 12.9. The number of para-hydroxylation sites is 1. The molecule has 0 aliphatic heterocycles. The molecular weight excluding hydrogens is 360 g/mol. The highest BCUT2D eigenvalue weighted by Crippen LogP contribution is 2.37. The first-order valence-electron chi connectivity index (χ1n) is 9.24. The molecular formula is C25H20N2O2. The molecule has 0 spiro atoms. The van der Waals surface area contributed by atoms with E-state index < -0.39 is 0 Å². The van der Waals surface area contributed by atoms with Crippen LogP contribution in [0.1, 0.15) is 15.9 Å². The molecule has 0 bridgehead atoms. The number of nitrogen functional groups attached to an aromatic ring is 2. The molecule has 0 aliphatic rings. The molecule has 0 atom stereocenters. The minimum absolute atomic E-state index is 0.104. The highest BCUT2D eigenvalue weighted by molar-refractivity contribution is 6.10. The summed E-state index contributed by atoms with van der Waals surface area (Å²) in [4.78, 5) is 12.9. The SMILES string of the molecule is Nc1cc(Oc2ccccc2C(=O)c2ccccc2)cc(-c2ccccc2)c1N. The third kappa shape index (κ3) is 3.82. The predicted octanol–water partition coefficient (Wildman–Crippen LogP) is 5.54. The minimum atomic E-state index is -0.104. The molecule has 4 rings (SSSR count). The average molecular weight is 380 g/mol. The summed E-state index contributed by atoms with van der Waals surface area (Å²) in [5.41, 5.74) is 16.1. The number of hydrogen-bond donors (Lipinski definition) is 2. The zero-order valence-corrected chi connectivity index (χ0v) is 15.7. The monoisotopic (exact) mass is 380 g/mol. The number of nitrogens with two attached hydrogens (primary N) is 2. The first kappa shape index (κ1) is 18.3. The smallest absolute Gasteiger partial charge is 0.196 e. The fourth-order valence-corrected chi connectivity index (χ4v) is 3.18. The van der Waals surface area contributed by atoms with Gasteiger partial charge in [-0.1, -0.05) is 72.8 Å². The molecule has 0 amide bonds. The molecule has 0 unspecified atom stereocenters. The first-order chi connectivity index (χ1) is 14.1. The van der Waals surface area contributed by atoms with E-state index in [4.69, 9.17) is 16.2 Å². The molecule has 4 heteroatoms. The molecule has 0 radical (unpaired) electrons. The number of anilines is 2. The van der Waals surface area contributed by atoms with E-state index in [1.165, 1.54) is 0 Å². The van der Waals surface area contributed by atoms with E-state index in [1.54, 1.807) is 30.3 Å². The number of rotatable bonds is 5. The molecule has 29 heavy (non-hydrogen) atoms. The van der Waals surface area contributed by atoms with E-state index in [0.29, 0.717) is 34.0 Å². The topological polar surface area (TPSA) is 78.3 Å². The third-order valence-corrected chi connectivity index (χ3v) is 4.67. The molecule has 4 N–H and O–H groups in total. The lowest BCUT2D eigenvalue weighted by atomic mass is 10.0. The third-order valence-electron chi connectivity index (χ3n) is 4.67. The maximum Gasteiger partial charge on any atom is 0.196 e. The van der Waals surface area contributed by atoms with Crippen molar-refractivity contribution in [2.45, 2.75) is 0 Å². The second kappa shape index (κ2) is 7.90. The zero-order valence-electron chi connectivity index (χ0n) is 15.7. The van der Waals surface area contributed by atoms with E-state index in [9.17, 15) is 4.79 Å². The van der Waals surface area contributed by atoms with Crippen molar-refractivity contribution in [3.63, 3.8) is 0 Å². The van der Waals surface area contributed by atoms with Crippen molar-refractivity contribution in [1.29, 1.82) is 0 Å².